The van der Waals surface area contributed by atoms with Crippen molar-refractivity contribution in [3.05, 3.63) is 0 Å². The number of carbonyl (C=O) groups excluding carboxylic acids is 1. The van der Waals surface area contributed by atoms with Gasteiger partial charge in [0, 0.05) is 5.97 Å². The van der Waals surface area contributed by atoms with E-state index in [2.05, 4.69) is 6.92 Å². The molecule has 0 saturated heterocycles. The van der Waals surface area contributed by atoms with Gasteiger partial charge in [-0.1, -0.05) is 84.0 Å². The Balaban J connectivity index is -0.00000144. The molecule has 0 atom stereocenters. The summed E-state index contributed by atoms with van der Waals surface area (Å²) in [5.74, 6) is -0.905. The Morgan fingerprint density at radius 2 is 1.00 bits per heavy atom. The smallest absolute Gasteiger partial charge is 2.00 e. The standard InChI is InChI=1S/C16H32O2.Al.O/c1-2-3-4-5-6-7-8-9-10-11-12-13-14-15-16(17)18;;/h2-15H2,1H3,(H,17,18);;/q;+3;-2/p-1. The van der Waals surface area contributed by atoms with E-state index in [0.717, 1.165) is 12.8 Å². The first-order valence-corrected chi connectivity index (χ1v) is 7.97. The molecule has 0 heterocycles. The molecule has 0 N–H and O–H groups in total. The van der Waals surface area contributed by atoms with Crippen molar-refractivity contribution in [2.45, 2.75) is 96.8 Å². The maximum absolute atomic E-state index is 10.2. The van der Waals surface area contributed by atoms with Crippen LogP contribution in [0.25, 0.3) is 0 Å². The van der Waals surface area contributed by atoms with Crippen LogP contribution in [0, 0.1) is 0 Å². The predicted octanol–water partition coefficient (Wildman–Crippen LogP) is 3.72. The van der Waals surface area contributed by atoms with Gasteiger partial charge in [0.25, 0.3) is 0 Å². The molecule has 0 aliphatic heterocycles. The minimum absolute atomic E-state index is 0. The summed E-state index contributed by atoms with van der Waals surface area (Å²) in [5, 5.41) is 10.2. The van der Waals surface area contributed by atoms with E-state index in [1.54, 1.807) is 0 Å². The minimum atomic E-state index is -0.905. The van der Waals surface area contributed by atoms with Crippen LogP contribution in [0.15, 0.2) is 0 Å². The summed E-state index contributed by atoms with van der Waals surface area (Å²) in [4.78, 5) is 10.2. The van der Waals surface area contributed by atoms with E-state index in [0.29, 0.717) is 0 Å². The fourth-order valence-electron chi connectivity index (χ4n) is 2.29. The third-order valence-electron chi connectivity index (χ3n) is 3.48. The van der Waals surface area contributed by atoms with Crippen molar-refractivity contribution in [1.29, 1.82) is 0 Å². The zero-order chi connectivity index (χ0) is 13.5. The van der Waals surface area contributed by atoms with E-state index in [1.165, 1.54) is 70.6 Å². The Morgan fingerprint density at radius 1 is 0.700 bits per heavy atom. The van der Waals surface area contributed by atoms with Crippen LogP contribution in [-0.4, -0.2) is 23.3 Å². The fraction of sp³-hybridized carbons (Fsp3) is 0.938. The molecule has 0 amide bonds. The number of aliphatic carboxylic acids is 1. The van der Waals surface area contributed by atoms with Gasteiger partial charge in [-0.3, -0.25) is 0 Å². The molecule has 20 heavy (non-hydrogen) atoms. The van der Waals surface area contributed by atoms with Crippen LogP contribution in [0.1, 0.15) is 96.8 Å². The second-order valence-corrected chi connectivity index (χ2v) is 5.36. The second-order valence-electron chi connectivity index (χ2n) is 5.36. The maximum atomic E-state index is 10.2. The van der Waals surface area contributed by atoms with Crippen molar-refractivity contribution < 1.29 is 15.4 Å². The normalized spacial score (nSPS) is 9.65. The summed E-state index contributed by atoms with van der Waals surface area (Å²) < 4.78 is 0. The Kier molecular flexibility index (Phi) is 26.5. The van der Waals surface area contributed by atoms with E-state index in [1.807, 2.05) is 0 Å². The van der Waals surface area contributed by atoms with Crippen LogP contribution in [0.2, 0.25) is 0 Å². The predicted molar refractivity (Wildman–Crippen MR) is 81.8 cm³/mol. The average molecular weight is 298 g/mol. The minimum Gasteiger partial charge on any atom is -2.00 e. The largest absolute Gasteiger partial charge is 3.00 e. The number of hydrogen-bond acceptors (Lipinski definition) is 2. The molecule has 0 rings (SSSR count). The van der Waals surface area contributed by atoms with Crippen LogP contribution in [0.4, 0.5) is 0 Å². The van der Waals surface area contributed by atoms with Gasteiger partial charge in [0.1, 0.15) is 0 Å². The van der Waals surface area contributed by atoms with Gasteiger partial charge in [0.05, 0.1) is 0 Å². The Labute approximate surface area is 136 Å². The zero-order valence-corrected chi connectivity index (χ0v) is 14.4. The summed E-state index contributed by atoms with van der Waals surface area (Å²) in [7, 11) is 0. The molecule has 0 unspecified atom stereocenters. The summed E-state index contributed by atoms with van der Waals surface area (Å²) in [5.41, 5.74) is 0. The van der Waals surface area contributed by atoms with Gasteiger partial charge >= 0.3 is 17.4 Å². The molecule has 0 bridgehead atoms. The maximum Gasteiger partial charge on any atom is 3.00 e. The van der Waals surface area contributed by atoms with Crippen LogP contribution >= 0.6 is 0 Å². The topological polar surface area (TPSA) is 68.6 Å². The van der Waals surface area contributed by atoms with Gasteiger partial charge in [-0.2, -0.15) is 0 Å². The molecule has 0 aliphatic carbocycles. The van der Waals surface area contributed by atoms with Crippen molar-refractivity contribution >= 4 is 23.3 Å². The van der Waals surface area contributed by atoms with Gasteiger partial charge in [-0.15, -0.1) is 0 Å². The number of hydrogen-bond donors (Lipinski definition) is 0. The van der Waals surface area contributed by atoms with Crippen LogP contribution in [0.5, 0.6) is 0 Å². The average Bonchev–Trinajstić information content (AvgIpc) is 2.34. The molecule has 4 heteroatoms. The van der Waals surface area contributed by atoms with Gasteiger partial charge in [0.15, 0.2) is 0 Å². The van der Waals surface area contributed by atoms with Gasteiger partial charge < -0.3 is 15.4 Å². The van der Waals surface area contributed by atoms with Crippen molar-refractivity contribution in [3.63, 3.8) is 0 Å². The van der Waals surface area contributed by atoms with E-state index < -0.39 is 5.97 Å². The van der Waals surface area contributed by atoms with Crippen molar-refractivity contribution in [2.24, 2.45) is 0 Å². The second kappa shape index (κ2) is 21.3. The van der Waals surface area contributed by atoms with Crippen LogP contribution in [-0.2, 0) is 10.3 Å². The van der Waals surface area contributed by atoms with E-state index >= 15 is 0 Å². The molecule has 0 aliphatic rings. The van der Waals surface area contributed by atoms with Crippen molar-refractivity contribution in [2.75, 3.05) is 0 Å². The van der Waals surface area contributed by atoms with E-state index in [-0.39, 0.29) is 29.3 Å². The molecule has 0 saturated carbocycles. The number of carboxylic acids is 1. The molecular formula is C16H31AlO3. The van der Waals surface area contributed by atoms with Gasteiger partial charge in [0.2, 0.25) is 0 Å². The van der Waals surface area contributed by atoms with E-state index in [9.17, 15) is 9.90 Å². The number of carboxylic acid groups (broad SMARTS) is 1. The van der Waals surface area contributed by atoms with E-state index in [4.69, 9.17) is 0 Å². The summed E-state index contributed by atoms with van der Waals surface area (Å²) in [6, 6.07) is 0. The quantitative estimate of drug-likeness (QED) is 0.362. The monoisotopic (exact) mass is 298 g/mol. The molecule has 116 valence electrons. The summed E-state index contributed by atoms with van der Waals surface area (Å²) >= 11 is 0. The Hall–Kier alpha value is -0.0375. The van der Waals surface area contributed by atoms with Gasteiger partial charge in [-0.25, -0.2) is 0 Å². The Bertz CT molecular complexity index is 187. The molecule has 0 aromatic heterocycles. The Morgan fingerprint density at radius 3 is 1.30 bits per heavy atom. The molecule has 0 aromatic carbocycles. The number of unbranched alkanes of at least 4 members (excludes halogenated alkanes) is 12. The number of carbonyl (C=O) groups is 1. The third-order valence-corrected chi connectivity index (χ3v) is 3.48. The van der Waals surface area contributed by atoms with Crippen molar-refractivity contribution in [1.82, 2.24) is 0 Å². The molecule has 0 spiro atoms. The van der Waals surface area contributed by atoms with Crippen LogP contribution in [0.3, 0.4) is 0 Å². The fourth-order valence-corrected chi connectivity index (χ4v) is 2.29. The molecule has 3 nitrogen and oxygen atoms in total. The summed E-state index contributed by atoms with van der Waals surface area (Å²) in [6.45, 7) is 2.26. The van der Waals surface area contributed by atoms with Crippen LogP contribution < -0.4 is 5.11 Å². The first-order valence-electron chi connectivity index (χ1n) is 7.97. The first kappa shape index (κ1) is 24.9. The summed E-state index contributed by atoms with van der Waals surface area (Å²) in [6.07, 6.45) is 16.9. The zero-order valence-electron chi connectivity index (χ0n) is 13.2. The molecular weight excluding hydrogens is 267 g/mol. The van der Waals surface area contributed by atoms with Gasteiger partial charge in [-0.05, 0) is 12.8 Å². The first-order chi connectivity index (χ1) is 8.77. The van der Waals surface area contributed by atoms with Crippen molar-refractivity contribution in [3.8, 4) is 0 Å². The SMILES string of the molecule is CCCCCCCCCCCCCCCC(=O)[O-].[Al+3].[O-2]. The third kappa shape index (κ3) is 23.1. The molecule has 0 aromatic rings. The number of rotatable bonds is 14. The molecule has 0 fully saturated rings. The molecule has 0 radical (unpaired) electrons.